The van der Waals surface area contributed by atoms with Crippen molar-refractivity contribution in [2.45, 2.75) is 91.1 Å². The van der Waals surface area contributed by atoms with Crippen LogP contribution in [0.5, 0.6) is 5.88 Å². The van der Waals surface area contributed by atoms with E-state index < -0.39 is 17.4 Å². The van der Waals surface area contributed by atoms with Crippen LogP contribution in [0.3, 0.4) is 0 Å². The number of carbonyl (C=O) groups excluding carboxylic acids is 2. The van der Waals surface area contributed by atoms with Gasteiger partial charge in [0.15, 0.2) is 0 Å². The van der Waals surface area contributed by atoms with Crippen LogP contribution in [-0.2, 0) is 9.59 Å². The second-order valence-electron chi connectivity index (χ2n) is 13.2. The van der Waals surface area contributed by atoms with E-state index in [0.717, 1.165) is 11.8 Å². The van der Waals surface area contributed by atoms with E-state index in [-0.39, 0.29) is 23.8 Å². The molecule has 0 aromatic carbocycles. The Morgan fingerprint density at radius 2 is 1.92 bits per heavy atom. The molecule has 2 heterocycles. The van der Waals surface area contributed by atoms with E-state index >= 15 is 0 Å². The van der Waals surface area contributed by atoms with Gasteiger partial charge in [-0.25, -0.2) is 9.48 Å². The molecule has 1 saturated heterocycles. The molecule has 3 aliphatic carbocycles. The number of nitrogens with one attached hydrogen (secondary N) is 1. The fraction of sp³-hybridized carbons (Fsp3) is 0.733. The van der Waals surface area contributed by atoms with Crippen molar-refractivity contribution in [1.29, 1.82) is 0 Å². The number of aliphatic carboxylic acids is 1. The summed E-state index contributed by atoms with van der Waals surface area (Å²) in [5, 5.41) is 17.4. The molecule has 9 nitrogen and oxygen atoms in total. The number of carbonyl (C=O) groups is 3. The van der Waals surface area contributed by atoms with Crippen molar-refractivity contribution < 1.29 is 24.2 Å². The van der Waals surface area contributed by atoms with Crippen molar-refractivity contribution in [3.8, 4) is 5.88 Å². The molecule has 0 spiro atoms. The zero-order valence-corrected chi connectivity index (χ0v) is 23.8. The molecule has 1 aliphatic heterocycles. The van der Waals surface area contributed by atoms with Gasteiger partial charge in [-0.05, 0) is 82.0 Å². The zero-order valence-electron chi connectivity index (χ0n) is 23.8. The van der Waals surface area contributed by atoms with Crippen LogP contribution < -0.4 is 10.1 Å². The van der Waals surface area contributed by atoms with Gasteiger partial charge >= 0.3 is 5.97 Å². The summed E-state index contributed by atoms with van der Waals surface area (Å²) in [5.74, 6) is 1.94. The largest absolute Gasteiger partial charge is 0.480 e. The standard InChI is InChI=1S/C30H44N4O5/c1-18(2)17-39-27-23(26(35)32-25-21-14-19-7-5-8-22(25)20(13-19)15-21)16-31-34(27)12-10-30(3,4)29(38)33-11-6-9-24(33)28(36)37/h10,12,16,18-22,24-25H,5-9,11,13-15,17H2,1-4H3,(H,32,35)(H,36,37)/b12-10+/t19?,20?,21?,22?,24-,25?/m0/s1. The fourth-order valence-corrected chi connectivity index (χ4v) is 7.53. The Balaban J connectivity index is 1.34. The molecule has 2 amide bonds. The number of aromatic nitrogens is 2. The molecule has 4 fully saturated rings. The van der Waals surface area contributed by atoms with E-state index in [1.54, 1.807) is 32.3 Å². The van der Waals surface area contributed by atoms with Crippen LogP contribution in [0.1, 0.15) is 89.4 Å². The number of rotatable bonds is 9. The van der Waals surface area contributed by atoms with Crippen LogP contribution in [0.15, 0.2) is 12.3 Å². The summed E-state index contributed by atoms with van der Waals surface area (Å²) in [5.41, 5.74) is -0.552. The molecule has 1 aromatic rings. The van der Waals surface area contributed by atoms with E-state index in [9.17, 15) is 19.5 Å². The van der Waals surface area contributed by atoms with Crippen molar-refractivity contribution in [1.82, 2.24) is 20.0 Å². The van der Waals surface area contributed by atoms with Crippen LogP contribution in [0.25, 0.3) is 6.20 Å². The maximum Gasteiger partial charge on any atom is 0.326 e. The van der Waals surface area contributed by atoms with Gasteiger partial charge in [-0.2, -0.15) is 5.10 Å². The Morgan fingerprint density at radius 1 is 1.15 bits per heavy atom. The van der Waals surface area contributed by atoms with Crippen molar-refractivity contribution in [2.24, 2.45) is 35.0 Å². The molecule has 3 saturated carbocycles. The second kappa shape index (κ2) is 11.0. The van der Waals surface area contributed by atoms with Gasteiger partial charge in [0.25, 0.3) is 5.91 Å². The highest BCUT2D eigenvalue weighted by molar-refractivity contribution is 5.96. The quantitative estimate of drug-likeness (QED) is 0.479. The molecule has 214 valence electrons. The minimum Gasteiger partial charge on any atom is -0.480 e. The Bertz CT molecular complexity index is 1120. The number of hydrogen-bond acceptors (Lipinski definition) is 5. The number of ether oxygens (including phenoxy) is 1. The number of fused-ring (bicyclic) bond motifs is 2. The summed E-state index contributed by atoms with van der Waals surface area (Å²) in [7, 11) is 0. The Labute approximate surface area is 231 Å². The van der Waals surface area contributed by atoms with Gasteiger partial charge in [-0.3, -0.25) is 9.59 Å². The van der Waals surface area contributed by atoms with E-state index in [4.69, 9.17) is 4.74 Å². The number of likely N-dealkylation sites (tertiary alicyclic amines) is 1. The van der Waals surface area contributed by atoms with Crippen LogP contribution >= 0.6 is 0 Å². The second-order valence-corrected chi connectivity index (χ2v) is 13.2. The molecule has 6 atom stereocenters. The number of amides is 2. The monoisotopic (exact) mass is 540 g/mol. The Kier molecular flexibility index (Phi) is 7.80. The Hall–Kier alpha value is -2.84. The van der Waals surface area contributed by atoms with E-state index in [1.807, 2.05) is 13.8 Å². The van der Waals surface area contributed by atoms with Gasteiger partial charge in [0.05, 0.1) is 18.2 Å². The van der Waals surface area contributed by atoms with Gasteiger partial charge in [0.1, 0.15) is 11.6 Å². The van der Waals surface area contributed by atoms with Crippen molar-refractivity contribution in [3.63, 3.8) is 0 Å². The highest BCUT2D eigenvalue weighted by Crippen LogP contribution is 2.53. The zero-order chi connectivity index (χ0) is 27.9. The van der Waals surface area contributed by atoms with Gasteiger partial charge in [0, 0.05) is 18.8 Å². The summed E-state index contributed by atoms with van der Waals surface area (Å²) in [6.07, 6.45) is 13.6. The average Bonchev–Trinajstić information content (AvgIpc) is 3.56. The lowest BCUT2D eigenvalue weighted by atomic mass is 9.79. The molecule has 0 radical (unpaired) electrons. The number of carboxylic acid groups (broad SMARTS) is 1. The van der Waals surface area contributed by atoms with E-state index in [1.165, 1.54) is 48.1 Å². The molecule has 2 N–H and O–H groups in total. The van der Waals surface area contributed by atoms with Crippen LogP contribution in [-0.4, -0.2) is 62.8 Å². The summed E-state index contributed by atoms with van der Waals surface area (Å²) in [6.45, 7) is 8.49. The molecular weight excluding hydrogens is 496 g/mol. The predicted molar refractivity (Wildman–Crippen MR) is 147 cm³/mol. The smallest absolute Gasteiger partial charge is 0.326 e. The van der Waals surface area contributed by atoms with Crippen LogP contribution in [0.2, 0.25) is 0 Å². The molecule has 4 aliphatic rings. The summed E-state index contributed by atoms with van der Waals surface area (Å²) in [6, 6.07) is -0.576. The molecule has 9 heteroatoms. The van der Waals surface area contributed by atoms with Crippen molar-refractivity contribution in [2.75, 3.05) is 13.2 Å². The number of hydrogen-bond donors (Lipinski definition) is 2. The van der Waals surface area contributed by atoms with E-state index in [0.29, 0.717) is 49.3 Å². The predicted octanol–water partition coefficient (Wildman–Crippen LogP) is 4.44. The van der Waals surface area contributed by atoms with Crippen molar-refractivity contribution in [3.05, 3.63) is 17.8 Å². The fourth-order valence-electron chi connectivity index (χ4n) is 7.53. The molecule has 5 rings (SSSR count). The third-order valence-corrected chi connectivity index (χ3v) is 9.43. The van der Waals surface area contributed by atoms with Gasteiger partial charge in [-0.1, -0.05) is 32.8 Å². The lowest BCUT2D eigenvalue weighted by Gasteiger charge is -2.30. The highest BCUT2D eigenvalue weighted by Gasteiger charge is 2.49. The summed E-state index contributed by atoms with van der Waals surface area (Å²) in [4.78, 5) is 40.0. The van der Waals surface area contributed by atoms with E-state index in [2.05, 4.69) is 10.4 Å². The first kappa shape index (κ1) is 27.7. The van der Waals surface area contributed by atoms with Crippen molar-refractivity contribution >= 4 is 24.0 Å². The maximum atomic E-state index is 13.6. The lowest BCUT2D eigenvalue weighted by Crippen LogP contribution is -2.46. The first-order valence-corrected chi connectivity index (χ1v) is 14.8. The van der Waals surface area contributed by atoms with Gasteiger partial charge in [-0.15, -0.1) is 0 Å². The molecular formula is C30H44N4O5. The summed E-state index contributed by atoms with van der Waals surface area (Å²) >= 11 is 0. The minimum absolute atomic E-state index is 0.148. The molecule has 39 heavy (non-hydrogen) atoms. The molecule has 5 unspecified atom stereocenters. The topological polar surface area (TPSA) is 114 Å². The van der Waals surface area contributed by atoms with Crippen LogP contribution in [0, 0.1) is 35.0 Å². The average molecular weight is 541 g/mol. The third kappa shape index (κ3) is 5.59. The molecule has 1 aromatic heterocycles. The number of carboxylic acids is 1. The maximum absolute atomic E-state index is 13.6. The normalized spacial score (nSPS) is 30.2. The summed E-state index contributed by atoms with van der Waals surface area (Å²) < 4.78 is 7.64. The molecule has 3 bridgehead atoms. The van der Waals surface area contributed by atoms with Gasteiger partial charge in [0.2, 0.25) is 11.8 Å². The first-order chi connectivity index (χ1) is 18.5. The Morgan fingerprint density at radius 3 is 2.67 bits per heavy atom. The first-order valence-electron chi connectivity index (χ1n) is 14.8. The SMILES string of the molecule is CC(C)COc1c(C(=O)NC2C3CC4CCCC2C(C4)C3)cnn1/C=C/C(C)(C)C(=O)N1CCC[C@H]1C(=O)O. The number of nitrogens with zero attached hydrogens (tertiary/aromatic N) is 3. The lowest BCUT2D eigenvalue weighted by molar-refractivity contribution is -0.151. The minimum atomic E-state index is -0.970. The third-order valence-electron chi connectivity index (χ3n) is 9.43. The highest BCUT2D eigenvalue weighted by atomic mass is 16.5. The van der Waals surface area contributed by atoms with Crippen LogP contribution in [0.4, 0.5) is 0 Å². The van der Waals surface area contributed by atoms with Gasteiger partial charge < -0.3 is 20.1 Å².